The lowest BCUT2D eigenvalue weighted by molar-refractivity contribution is -0.133. The van der Waals surface area contributed by atoms with E-state index in [0.717, 1.165) is 42.2 Å². The number of rotatable bonds is 4. The van der Waals surface area contributed by atoms with E-state index in [-0.39, 0.29) is 12.0 Å². The molecule has 2 aromatic carbocycles. The number of nitrogens with zero attached hydrogens (tertiary/aromatic N) is 3. The van der Waals surface area contributed by atoms with Crippen LogP contribution in [0.2, 0.25) is 0 Å². The molecule has 1 saturated heterocycles. The number of amides is 1. The van der Waals surface area contributed by atoms with E-state index >= 15 is 0 Å². The molecule has 30 heavy (non-hydrogen) atoms. The number of hydrogen-bond donors (Lipinski definition) is 0. The summed E-state index contributed by atoms with van der Waals surface area (Å²) in [5.41, 5.74) is 4.56. The average Bonchev–Trinajstić information content (AvgIpc) is 3.37. The van der Waals surface area contributed by atoms with Gasteiger partial charge in [-0.15, -0.1) is 0 Å². The third kappa shape index (κ3) is 3.56. The average molecular weight is 420 g/mol. The molecule has 0 radical (unpaired) electrons. The van der Waals surface area contributed by atoms with Crippen LogP contribution in [0.3, 0.4) is 0 Å². The summed E-state index contributed by atoms with van der Waals surface area (Å²) >= 11 is 1.63. The lowest BCUT2D eigenvalue weighted by Crippen LogP contribution is -2.43. The fraction of sp³-hybridized carbons (Fsp3) is 0.333. The first kappa shape index (κ1) is 19.1. The first-order valence-corrected chi connectivity index (χ1v) is 11.3. The highest BCUT2D eigenvalue weighted by molar-refractivity contribution is 7.20. The van der Waals surface area contributed by atoms with Crippen LogP contribution in [0.4, 0.5) is 0 Å². The van der Waals surface area contributed by atoms with E-state index < -0.39 is 0 Å². The quantitative estimate of drug-likeness (QED) is 0.471. The summed E-state index contributed by atoms with van der Waals surface area (Å²) in [4.78, 5) is 19.5. The standard InChI is InChI=1S/C24H25N3O2S/c1-16-7-8-17(2)23-22(16)25-24(30-23)29-19-10-13-26(14-11-19)21(28)15-27-12-9-18-5-3-4-6-20(18)27/h3-9,12,19H,10-11,13-15H2,1-2H3. The summed E-state index contributed by atoms with van der Waals surface area (Å²) in [6, 6.07) is 14.5. The van der Waals surface area contributed by atoms with Crippen LogP contribution in [0.15, 0.2) is 48.7 Å². The molecule has 1 amide bonds. The maximum absolute atomic E-state index is 12.8. The Hall–Kier alpha value is -2.86. The number of ether oxygens (including phenoxy) is 1. The number of fused-ring (bicyclic) bond motifs is 2. The van der Waals surface area contributed by atoms with Crippen LogP contribution < -0.4 is 4.74 Å². The van der Waals surface area contributed by atoms with Gasteiger partial charge in [0.25, 0.3) is 5.19 Å². The Bertz CT molecular complexity index is 1180. The van der Waals surface area contributed by atoms with Crippen LogP contribution in [0.1, 0.15) is 24.0 Å². The summed E-state index contributed by atoms with van der Waals surface area (Å²) in [6.07, 6.45) is 3.79. The first-order valence-electron chi connectivity index (χ1n) is 10.4. The van der Waals surface area contributed by atoms with Gasteiger partial charge in [-0.3, -0.25) is 4.79 Å². The Balaban J connectivity index is 1.21. The molecule has 0 aliphatic carbocycles. The molecule has 0 bridgehead atoms. The number of hydrogen-bond acceptors (Lipinski definition) is 4. The molecule has 0 atom stereocenters. The Morgan fingerprint density at radius 3 is 2.67 bits per heavy atom. The smallest absolute Gasteiger partial charge is 0.274 e. The largest absolute Gasteiger partial charge is 0.467 e. The van der Waals surface area contributed by atoms with Crippen LogP contribution >= 0.6 is 11.3 Å². The number of thiazole rings is 1. The van der Waals surface area contributed by atoms with Gasteiger partial charge in [0, 0.05) is 37.6 Å². The number of likely N-dealkylation sites (tertiary alicyclic amines) is 1. The molecule has 154 valence electrons. The molecular weight excluding hydrogens is 394 g/mol. The molecule has 4 aromatic rings. The van der Waals surface area contributed by atoms with E-state index in [2.05, 4.69) is 44.2 Å². The van der Waals surface area contributed by atoms with Crippen LogP contribution in [-0.2, 0) is 11.3 Å². The lowest BCUT2D eigenvalue weighted by atomic mass is 10.1. The normalized spacial score (nSPS) is 15.2. The Morgan fingerprint density at radius 1 is 1.10 bits per heavy atom. The van der Waals surface area contributed by atoms with Crippen LogP contribution in [0, 0.1) is 13.8 Å². The summed E-state index contributed by atoms with van der Waals surface area (Å²) in [7, 11) is 0. The van der Waals surface area contributed by atoms with Crippen molar-refractivity contribution in [2.75, 3.05) is 13.1 Å². The number of benzene rings is 2. The Morgan fingerprint density at radius 2 is 1.87 bits per heavy atom. The van der Waals surface area contributed by atoms with E-state index in [4.69, 9.17) is 9.72 Å². The molecule has 0 N–H and O–H groups in total. The second kappa shape index (κ2) is 7.76. The van der Waals surface area contributed by atoms with E-state index in [9.17, 15) is 4.79 Å². The SMILES string of the molecule is Cc1ccc(C)c2sc(OC3CCN(C(=O)Cn4ccc5ccccc54)CC3)nc12. The van der Waals surface area contributed by atoms with Crippen molar-refractivity contribution in [1.82, 2.24) is 14.5 Å². The zero-order valence-corrected chi connectivity index (χ0v) is 18.1. The third-order valence-corrected chi connectivity index (χ3v) is 7.05. The van der Waals surface area contributed by atoms with E-state index in [0.29, 0.717) is 6.54 Å². The van der Waals surface area contributed by atoms with Gasteiger partial charge in [0.15, 0.2) is 0 Å². The molecule has 5 nitrogen and oxygen atoms in total. The van der Waals surface area contributed by atoms with Crippen molar-refractivity contribution in [3.8, 4) is 5.19 Å². The minimum atomic E-state index is 0.114. The summed E-state index contributed by atoms with van der Waals surface area (Å²) < 4.78 is 9.45. The number of aromatic nitrogens is 2. The van der Waals surface area contributed by atoms with Gasteiger partial charge in [0.05, 0.1) is 10.2 Å². The van der Waals surface area contributed by atoms with Crippen LogP contribution in [0.5, 0.6) is 5.19 Å². The van der Waals surface area contributed by atoms with E-state index in [1.165, 1.54) is 21.2 Å². The predicted octanol–water partition coefficient (Wildman–Crippen LogP) is 4.94. The van der Waals surface area contributed by atoms with Gasteiger partial charge in [-0.1, -0.05) is 41.7 Å². The molecule has 1 aliphatic heterocycles. The maximum atomic E-state index is 12.8. The van der Waals surface area contributed by atoms with Gasteiger partial charge < -0.3 is 14.2 Å². The number of carbonyl (C=O) groups is 1. The second-order valence-electron chi connectivity index (χ2n) is 8.06. The molecule has 1 fully saturated rings. The van der Waals surface area contributed by atoms with Gasteiger partial charge in [-0.25, -0.2) is 4.98 Å². The fourth-order valence-corrected chi connectivity index (χ4v) is 5.21. The molecule has 3 heterocycles. The zero-order chi connectivity index (χ0) is 20.7. The summed E-state index contributed by atoms with van der Waals surface area (Å²) in [5.74, 6) is 0.168. The predicted molar refractivity (Wildman–Crippen MR) is 121 cm³/mol. The van der Waals surface area contributed by atoms with E-state index in [1.807, 2.05) is 27.8 Å². The minimum Gasteiger partial charge on any atom is -0.467 e. The highest BCUT2D eigenvalue weighted by Crippen LogP contribution is 2.33. The van der Waals surface area contributed by atoms with Crippen molar-refractivity contribution in [2.24, 2.45) is 0 Å². The van der Waals surface area contributed by atoms with Gasteiger partial charge in [0.2, 0.25) is 5.91 Å². The topological polar surface area (TPSA) is 47.4 Å². The number of piperidine rings is 1. The van der Waals surface area contributed by atoms with Crippen molar-refractivity contribution >= 4 is 38.4 Å². The molecule has 0 saturated carbocycles. The van der Waals surface area contributed by atoms with Crippen molar-refractivity contribution in [2.45, 2.75) is 39.3 Å². The Kier molecular flexibility index (Phi) is 4.95. The summed E-state index contributed by atoms with van der Waals surface area (Å²) in [5, 5.41) is 1.91. The van der Waals surface area contributed by atoms with Crippen molar-refractivity contribution in [3.05, 3.63) is 59.8 Å². The van der Waals surface area contributed by atoms with Gasteiger partial charge in [-0.2, -0.15) is 0 Å². The van der Waals surface area contributed by atoms with Crippen molar-refractivity contribution < 1.29 is 9.53 Å². The monoisotopic (exact) mass is 419 g/mol. The number of para-hydroxylation sites is 1. The lowest BCUT2D eigenvalue weighted by Gasteiger charge is -2.31. The zero-order valence-electron chi connectivity index (χ0n) is 17.3. The van der Waals surface area contributed by atoms with Crippen molar-refractivity contribution in [1.29, 1.82) is 0 Å². The molecule has 0 spiro atoms. The molecule has 1 aliphatic rings. The van der Waals surface area contributed by atoms with Gasteiger partial charge >= 0.3 is 0 Å². The van der Waals surface area contributed by atoms with Crippen LogP contribution in [-0.4, -0.2) is 39.6 Å². The van der Waals surface area contributed by atoms with Crippen LogP contribution in [0.25, 0.3) is 21.1 Å². The first-order chi connectivity index (χ1) is 14.6. The highest BCUT2D eigenvalue weighted by atomic mass is 32.1. The van der Waals surface area contributed by atoms with Gasteiger partial charge in [0.1, 0.15) is 12.6 Å². The number of carbonyl (C=O) groups excluding carboxylic acids is 1. The molecule has 2 aromatic heterocycles. The Labute approximate surface area is 179 Å². The highest BCUT2D eigenvalue weighted by Gasteiger charge is 2.25. The second-order valence-corrected chi connectivity index (χ2v) is 9.02. The number of aryl methyl sites for hydroxylation is 2. The fourth-order valence-electron chi connectivity index (χ4n) is 4.18. The third-order valence-electron chi connectivity index (χ3n) is 5.97. The maximum Gasteiger partial charge on any atom is 0.274 e. The van der Waals surface area contributed by atoms with Gasteiger partial charge in [-0.05, 0) is 42.5 Å². The minimum absolute atomic E-state index is 0.114. The summed E-state index contributed by atoms with van der Waals surface area (Å²) in [6.45, 7) is 6.04. The molecular formula is C24H25N3O2S. The molecule has 6 heteroatoms. The molecule has 5 rings (SSSR count). The van der Waals surface area contributed by atoms with Crippen molar-refractivity contribution in [3.63, 3.8) is 0 Å². The molecule has 0 unspecified atom stereocenters. The van der Waals surface area contributed by atoms with E-state index in [1.54, 1.807) is 11.3 Å².